The first-order valence-corrected chi connectivity index (χ1v) is 6.84. The number of thiophene rings is 1. The van der Waals surface area contributed by atoms with E-state index in [0.29, 0.717) is 0 Å². The summed E-state index contributed by atoms with van der Waals surface area (Å²) >= 11 is 1.61. The molecule has 1 N–H and O–H groups in total. The molecule has 3 aromatic rings. The minimum absolute atomic E-state index is 0.520. The molecule has 0 fully saturated rings. The zero-order valence-corrected chi connectivity index (χ0v) is 10.9. The molecular formula is C16H14OS. The van der Waals surface area contributed by atoms with Gasteiger partial charge in [-0.05, 0) is 46.3 Å². The van der Waals surface area contributed by atoms with Gasteiger partial charge < -0.3 is 5.11 Å². The van der Waals surface area contributed by atoms with Crippen molar-refractivity contribution in [1.82, 2.24) is 0 Å². The van der Waals surface area contributed by atoms with Gasteiger partial charge in [0.15, 0.2) is 0 Å². The van der Waals surface area contributed by atoms with Crippen LogP contribution in [0.4, 0.5) is 0 Å². The monoisotopic (exact) mass is 254 g/mol. The average molecular weight is 254 g/mol. The van der Waals surface area contributed by atoms with Crippen molar-refractivity contribution < 1.29 is 5.11 Å². The standard InChI is InChI=1S/C16H14OS/c1-11-8-15(18-10-11)16(17)14-7-6-12-4-2-3-5-13(12)9-14/h2-10,16-17H,1H3. The molecule has 0 radical (unpaired) electrons. The normalized spacial score (nSPS) is 12.8. The van der Waals surface area contributed by atoms with Gasteiger partial charge in [-0.25, -0.2) is 0 Å². The lowest BCUT2D eigenvalue weighted by Crippen LogP contribution is -1.96. The molecule has 1 unspecified atom stereocenters. The highest BCUT2D eigenvalue weighted by molar-refractivity contribution is 7.10. The maximum atomic E-state index is 10.4. The highest BCUT2D eigenvalue weighted by Crippen LogP contribution is 2.29. The van der Waals surface area contributed by atoms with Gasteiger partial charge in [-0.2, -0.15) is 0 Å². The van der Waals surface area contributed by atoms with Crippen LogP contribution >= 0.6 is 11.3 Å². The van der Waals surface area contributed by atoms with Crippen LogP contribution in [0, 0.1) is 6.92 Å². The van der Waals surface area contributed by atoms with E-state index in [0.717, 1.165) is 10.4 Å². The Bertz CT molecular complexity index is 684. The predicted molar refractivity (Wildman–Crippen MR) is 77.1 cm³/mol. The van der Waals surface area contributed by atoms with Crippen LogP contribution in [0.3, 0.4) is 0 Å². The van der Waals surface area contributed by atoms with Gasteiger partial charge in [0.25, 0.3) is 0 Å². The van der Waals surface area contributed by atoms with Crippen LogP contribution in [0.1, 0.15) is 22.1 Å². The first-order chi connectivity index (χ1) is 8.74. The number of aryl methyl sites for hydroxylation is 1. The molecule has 1 atom stereocenters. The molecule has 90 valence electrons. The van der Waals surface area contributed by atoms with E-state index in [9.17, 15) is 5.11 Å². The Balaban J connectivity index is 2.03. The van der Waals surface area contributed by atoms with E-state index in [2.05, 4.69) is 29.6 Å². The number of aliphatic hydroxyl groups is 1. The number of benzene rings is 2. The molecule has 1 aromatic heterocycles. The molecule has 2 aromatic carbocycles. The molecule has 3 rings (SSSR count). The summed E-state index contributed by atoms with van der Waals surface area (Å²) in [6, 6.07) is 16.4. The van der Waals surface area contributed by atoms with Crippen LogP contribution in [-0.2, 0) is 0 Å². The molecule has 1 heterocycles. The molecule has 0 saturated carbocycles. The smallest absolute Gasteiger partial charge is 0.113 e. The molecule has 0 amide bonds. The third-order valence-corrected chi connectivity index (χ3v) is 4.21. The van der Waals surface area contributed by atoms with Gasteiger partial charge in [0, 0.05) is 4.88 Å². The van der Waals surface area contributed by atoms with Crippen molar-refractivity contribution in [2.24, 2.45) is 0 Å². The van der Waals surface area contributed by atoms with E-state index in [4.69, 9.17) is 0 Å². The molecule has 1 nitrogen and oxygen atoms in total. The molecule has 2 heteroatoms. The van der Waals surface area contributed by atoms with Gasteiger partial charge in [-0.15, -0.1) is 11.3 Å². The Morgan fingerprint density at radius 3 is 2.50 bits per heavy atom. The van der Waals surface area contributed by atoms with E-state index in [1.54, 1.807) is 11.3 Å². The fourth-order valence-corrected chi connectivity index (χ4v) is 3.05. The van der Waals surface area contributed by atoms with Gasteiger partial charge in [0.2, 0.25) is 0 Å². The molecule has 0 saturated heterocycles. The number of fused-ring (bicyclic) bond motifs is 1. The lowest BCUT2D eigenvalue weighted by molar-refractivity contribution is 0.224. The summed E-state index contributed by atoms with van der Waals surface area (Å²) < 4.78 is 0. The summed E-state index contributed by atoms with van der Waals surface area (Å²) in [7, 11) is 0. The maximum absolute atomic E-state index is 10.4. The van der Waals surface area contributed by atoms with Gasteiger partial charge in [-0.3, -0.25) is 0 Å². The van der Waals surface area contributed by atoms with Crippen molar-refractivity contribution in [2.75, 3.05) is 0 Å². The largest absolute Gasteiger partial charge is 0.383 e. The van der Waals surface area contributed by atoms with Crippen LogP contribution < -0.4 is 0 Å². The Morgan fingerprint density at radius 1 is 1.00 bits per heavy atom. The van der Waals surface area contributed by atoms with Crippen molar-refractivity contribution in [1.29, 1.82) is 0 Å². The van der Waals surface area contributed by atoms with Crippen LogP contribution in [-0.4, -0.2) is 5.11 Å². The Kier molecular flexibility index (Phi) is 2.90. The van der Waals surface area contributed by atoms with Gasteiger partial charge in [0.05, 0.1) is 0 Å². The zero-order chi connectivity index (χ0) is 12.5. The summed E-state index contributed by atoms with van der Waals surface area (Å²) in [6.45, 7) is 2.05. The first-order valence-electron chi connectivity index (χ1n) is 5.96. The topological polar surface area (TPSA) is 20.2 Å². The quantitative estimate of drug-likeness (QED) is 0.723. The highest BCUT2D eigenvalue weighted by Gasteiger charge is 2.12. The molecule has 0 spiro atoms. The molecule has 0 aliphatic carbocycles. The molecule has 0 bridgehead atoms. The second kappa shape index (κ2) is 4.56. The van der Waals surface area contributed by atoms with Crippen LogP contribution in [0.2, 0.25) is 0 Å². The third kappa shape index (κ3) is 2.05. The lowest BCUT2D eigenvalue weighted by Gasteiger charge is -2.10. The predicted octanol–water partition coefficient (Wildman–Crippen LogP) is 4.29. The third-order valence-electron chi connectivity index (χ3n) is 3.11. The molecule has 0 aliphatic heterocycles. The van der Waals surface area contributed by atoms with Crippen molar-refractivity contribution in [2.45, 2.75) is 13.0 Å². The maximum Gasteiger partial charge on any atom is 0.113 e. The van der Waals surface area contributed by atoms with Crippen LogP contribution in [0.5, 0.6) is 0 Å². The summed E-state index contributed by atoms with van der Waals surface area (Å²) in [5.74, 6) is 0. The zero-order valence-electron chi connectivity index (χ0n) is 10.1. The van der Waals surface area contributed by atoms with E-state index in [1.165, 1.54) is 16.3 Å². The number of rotatable bonds is 2. The summed E-state index contributed by atoms with van der Waals surface area (Å²) in [4.78, 5) is 1.00. The van der Waals surface area contributed by atoms with E-state index in [-0.39, 0.29) is 0 Å². The van der Waals surface area contributed by atoms with Gasteiger partial charge in [-0.1, -0.05) is 36.4 Å². The minimum atomic E-state index is -0.520. The van der Waals surface area contributed by atoms with Crippen molar-refractivity contribution >= 4 is 22.1 Å². The number of aliphatic hydroxyl groups excluding tert-OH is 1. The minimum Gasteiger partial charge on any atom is -0.383 e. The summed E-state index contributed by atoms with van der Waals surface area (Å²) in [6.07, 6.45) is -0.520. The van der Waals surface area contributed by atoms with E-state index in [1.807, 2.05) is 31.2 Å². The Morgan fingerprint density at radius 2 is 1.78 bits per heavy atom. The van der Waals surface area contributed by atoms with Gasteiger partial charge in [0.1, 0.15) is 6.10 Å². The van der Waals surface area contributed by atoms with E-state index < -0.39 is 6.10 Å². The molecular weight excluding hydrogens is 240 g/mol. The summed E-state index contributed by atoms with van der Waals surface area (Å²) in [5.41, 5.74) is 2.16. The number of hydrogen-bond acceptors (Lipinski definition) is 2. The molecule has 18 heavy (non-hydrogen) atoms. The van der Waals surface area contributed by atoms with Crippen molar-refractivity contribution in [3.05, 3.63) is 69.9 Å². The average Bonchev–Trinajstić information content (AvgIpc) is 2.84. The Labute approximate surface area is 110 Å². The lowest BCUT2D eigenvalue weighted by atomic mass is 10.0. The Hall–Kier alpha value is -1.64. The van der Waals surface area contributed by atoms with Gasteiger partial charge >= 0.3 is 0 Å². The molecule has 0 aliphatic rings. The fourth-order valence-electron chi connectivity index (χ4n) is 2.14. The van der Waals surface area contributed by atoms with Crippen LogP contribution in [0.25, 0.3) is 10.8 Å². The first kappa shape index (κ1) is 11.5. The van der Waals surface area contributed by atoms with E-state index >= 15 is 0 Å². The van der Waals surface area contributed by atoms with Crippen molar-refractivity contribution in [3.63, 3.8) is 0 Å². The van der Waals surface area contributed by atoms with Crippen molar-refractivity contribution in [3.8, 4) is 0 Å². The van der Waals surface area contributed by atoms with Crippen LogP contribution in [0.15, 0.2) is 53.9 Å². The fraction of sp³-hybridized carbons (Fsp3) is 0.125. The SMILES string of the molecule is Cc1csc(C(O)c2ccc3ccccc3c2)c1. The number of hydrogen-bond donors (Lipinski definition) is 1. The highest BCUT2D eigenvalue weighted by atomic mass is 32.1. The summed E-state index contributed by atoms with van der Waals surface area (Å²) in [5, 5.41) is 14.8. The second-order valence-electron chi connectivity index (χ2n) is 4.54. The second-order valence-corrected chi connectivity index (χ2v) is 5.48.